The molecule has 0 fully saturated rings. The van der Waals surface area contributed by atoms with E-state index in [1.807, 2.05) is 42.5 Å². The number of benzene rings is 2. The number of nitrogens with zero attached hydrogens (tertiary/aromatic N) is 3. The van der Waals surface area contributed by atoms with E-state index < -0.39 is 0 Å². The predicted molar refractivity (Wildman–Crippen MR) is 97.7 cm³/mol. The van der Waals surface area contributed by atoms with Gasteiger partial charge in [-0.1, -0.05) is 49.0 Å². The molecule has 0 amide bonds. The Balaban J connectivity index is 2.27. The molecule has 0 unspecified atom stereocenters. The molecular weight excluding hydrogens is 318 g/mol. The van der Waals surface area contributed by atoms with Gasteiger partial charge in [0.15, 0.2) is 5.16 Å². The highest BCUT2D eigenvalue weighted by Crippen LogP contribution is 2.23. The largest absolute Gasteiger partial charge is 0.268 e. The molecule has 0 aliphatic carbocycles. The average molecular weight is 335 g/mol. The summed E-state index contributed by atoms with van der Waals surface area (Å²) in [5.41, 5.74) is 2.58. The second-order valence-electron chi connectivity index (χ2n) is 5.29. The van der Waals surface area contributed by atoms with Crippen molar-refractivity contribution in [1.82, 2.24) is 9.55 Å². The van der Waals surface area contributed by atoms with Crippen molar-refractivity contribution >= 4 is 22.7 Å². The van der Waals surface area contributed by atoms with E-state index >= 15 is 0 Å². The molecule has 0 N–H and O–H groups in total. The highest BCUT2D eigenvalue weighted by Gasteiger charge is 2.14. The topological polar surface area (TPSA) is 58.7 Å². The highest BCUT2D eigenvalue weighted by atomic mass is 32.2. The average Bonchev–Trinajstić information content (AvgIpc) is 2.62. The molecule has 0 aliphatic rings. The van der Waals surface area contributed by atoms with Crippen molar-refractivity contribution in [3.63, 3.8) is 0 Å². The van der Waals surface area contributed by atoms with Gasteiger partial charge in [-0.25, -0.2) is 4.98 Å². The lowest BCUT2D eigenvalue weighted by Gasteiger charge is -2.15. The normalized spacial score (nSPS) is 10.7. The molecule has 0 aliphatic heterocycles. The third-order valence-corrected chi connectivity index (χ3v) is 4.74. The van der Waals surface area contributed by atoms with E-state index in [0.29, 0.717) is 28.2 Å². The first-order chi connectivity index (χ1) is 11.8. The van der Waals surface area contributed by atoms with E-state index in [9.17, 15) is 4.79 Å². The molecule has 2 aromatic carbocycles. The van der Waals surface area contributed by atoms with Crippen molar-refractivity contribution in [3.8, 4) is 11.8 Å². The molecule has 4 nitrogen and oxygen atoms in total. The van der Waals surface area contributed by atoms with Crippen LogP contribution in [0.4, 0.5) is 0 Å². The zero-order chi connectivity index (χ0) is 16.9. The summed E-state index contributed by atoms with van der Waals surface area (Å²) in [4.78, 5) is 17.8. The van der Waals surface area contributed by atoms with Gasteiger partial charge >= 0.3 is 0 Å². The first kappa shape index (κ1) is 16.3. The van der Waals surface area contributed by atoms with Crippen molar-refractivity contribution in [3.05, 3.63) is 64.4 Å². The van der Waals surface area contributed by atoms with E-state index in [2.05, 4.69) is 18.0 Å². The Kier molecular flexibility index (Phi) is 4.97. The molecule has 3 rings (SSSR count). The van der Waals surface area contributed by atoms with Crippen LogP contribution in [0.1, 0.15) is 18.9 Å². The van der Waals surface area contributed by atoms with Crippen LogP contribution in [0.15, 0.2) is 58.5 Å². The van der Waals surface area contributed by atoms with Crippen molar-refractivity contribution in [2.45, 2.75) is 24.9 Å². The monoisotopic (exact) mass is 335 g/mol. The Hall–Kier alpha value is -2.58. The minimum absolute atomic E-state index is 0.0686. The zero-order valence-electron chi connectivity index (χ0n) is 13.4. The predicted octanol–water partition coefficient (Wildman–Crippen LogP) is 3.95. The van der Waals surface area contributed by atoms with Gasteiger partial charge in [-0.05, 0) is 30.2 Å². The van der Waals surface area contributed by atoms with E-state index in [4.69, 9.17) is 5.26 Å². The first-order valence-corrected chi connectivity index (χ1v) is 8.84. The van der Waals surface area contributed by atoms with E-state index in [1.54, 1.807) is 10.6 Å². The number of para-hydroxylation sites is 2. The number of nitriles is 1. The van der Waals surface area contributed by atoms with Crippen molar-refractivity contribution in [1.29, 1.82) is 5.26 Å². The summed E-state index contributed by atoms with van der Waals surface area (Å²) in [6.45, 7) is 2.07. The van der Waals surface area contributed by atoms with Crippen LogP contribution in [0, 0.1) is 11.3 Å². The highest BCUT2D eigenvalue weighted by molar-refractivity contribution is 7.99. The summed E-state index contributed by atoms with van der Waals surface area (Å²) >= 11 is 1.44. The number of rotatable bonds is 5. The van der Waals surface area contributed by atoms with E-state index in [0.717, 1.165) is 17.7 Å². The summed E-state index contributed by atoms with van der Waals surface area (Å²) in [6, 6.07) is 17.4. The number of hydrogen-bond donors (Lipinski definition) is 0. The Morgan fingerprint density at radius 3 is 2.71 bits per heavy atom. The standard InChI is InChI=1S/C19H17N3OS/c1-2-14-8-3-6-11-17(14)22-18(23)15-9-4-5-10-16(15)21-19(22)24-13-7-12-20/h3-6,8-11H,2,7,13H2,1H3. The molecule has 1 heterocycles. The summed E-state index contributed by atoms with van der Waals surface area (Å²) in [7, 11) is 0. The first-order valence-electron chi connectivity index (χ1n) is 7.86. The van der Waals surface area contributed by atoms with Gasteiger partial charge in [-0.3, -0.25) is 9.36 Å². The van der Waals surface area contributed by atoms with Crippen LogP contribution < -0.4 is 5.56 Å². The van der Waals surface area contributed by atoms with Gasteiger partial charge in [0.2, 0.25) is 0 Å². The fourth-order valence-electron chi connectivity index (χ4n) is 2.64. The second kappa shape index (κ2) is 7.33. The maximum atomic E-state index is 13.1. The summed E-state index contributed by atoms with van der Waals surface area (Å²) in [6.07, 6.45) is 1.25. The van der Waals surface area contributed by atoms with Crippen LogP contribution in [-0.4, -0.2) is 15.3 Å². The number of aryl methyl sites for hydroxylation is 1. The van der Waals surface area contributed by atoms with Crippen LogP contribution in [0.2, 0.25) is 0 Å². The van der Waals surface area contributed by atoms with Crippen LogP contribution in [0.25, 0.3) is 16.6 Å². The number of thioether (sulfide) groups is 1. The fraction of sp³-hybridized carbons (Fsp3) is 0.211. The Morgan fingerprint density at radius 2 is 1.92 bits per heavy atom. The molecule has 0 bridgehead atoms. The van der Waals surface area contributed by atoms with Crippen LogP contribution in [0.5, 0.6) is 0 Å². The Morgan fingerprint density at radius 1 is 1.17 bits per heavy atom. The lowest BCUT2D eigenvalue weighted by molar-refractivity contribution is 0.808. The molecule has 0 saturated carbocycles. The fourth-order valence-corrected chi connectivity index (χ4v) is 3.49. The van der Waals surface area contributed by atoms with Gasteiger partial charge in [0.25, 0.3) is 5.56 Å². The number of hydrogen-bond acceptors (Lipinski definition) is 4. The molecule has 0 spiro atoms. The quantitative estimate of drug-likeness (QED) is 0.402. The summed E-state index contributed by atoms with van der Waals surface area (Å²) in [5, 5.41) is 10.0. The molecule has 5 heteroatoms. The lowest BCUT2D eigenvalue weighted by Crippen LogP contribution is -2.22. The van der Waals surface area contributed by atoms with Crippen molar-refractivity contribution in [2.75, 3.05) is 5.75 Å². The minimum atomic E-state index is -0.0686. The molecule has 120 valence electrons. The van der Waals surface area contributed by atoms with E-state index in [1.165, 1.54) is 11.8 Å². The van der Waals surface area contributed by atoms with Crippen LogP contribution in [-0.2, 0) is 6.42 Å². The third kappa shape index (κ3) is 3.06. The maximum absolute atomic E-state index is 13.1. The van der Waals surface area contributed by atoms with Gasteiger partial charge in [0.1, 0.15) is 0 Å². The van der Waals surface area contributed by atoms with Gasteiger partial charge in [0.05, 0.1) is 22.7 Å². The van der Waals surface area contributed by atoms with Gasteiger partial charge < -0.3 is 0 Å². The van der Waals surface area contributed by atoms with Gasteiger partial charge in [-0.2, -0.15) is 5.26 Å². The molecule has 0 radical (unpaired) electrons. The maximum Gasteiger partial charge on any atom is 0.266 e. The Labute approximate surface area is 144 Å². The summed E-state index contributed by atoms with van der Waals surface area (Å²) in [5.74, 6) is 0.607. The SMILES string of the molecule is CCc1ccccc1-n1c(SCCC#N)nc2ccccc2c1=O. The molecule has 24 heavy (non-hydrogen) atoms. The van der Waals surface area contributed by atoms with Gasteiger partial charge in [-0.15, -0.1) is 0 Å². The second-order valence-corrected chi connectivity index (χ2v) is 6.35. The van der Waals surface area contributed by atoms with Crippen LogP contribution in [0.3, 0.4) is 0 Å². The lowest BCUT2D eigenvalue weighted by atomic mass is 10.1. The molecule has 0 saturated heterocycles. The smallest absolute Gasteiger partial charge is 0.266 e. The molecule has 1 aromatic heterocycles. The minimum Gasteiger partial charge on any atom is -0.268 e. The molecular formula is C19H17N3OS. The number of fused-ring (bicyclic) bond motifs is 1. The van der Waals surface area contributed by atoms with Gasteiger partial charge in [0, 0.05) is 12.2 Å². The molecule has 3 aromatic rings. The van der Waals surface area contributed by atoms with Crippen molar-refractivity contribution < 1.29 is 0 Å². The third-order valence-electron chi connectivity index (χ3n) is 3.80. The molecule has 0 atom stereocenters. The van der Waals surface area contributed by atoms with E-state index in [-0.39, 0.29) is 5.56 Å². The van der Waals surface area contributed by atoms with Crippen LogP contribution >= 0.6 is 11.8 Å². The van der Waals surface area contributed by atoms with Crippen molar-refractivity contribution in [2.24, 2.45) is 0 Å². The zero-order valence-corrected chi connectivity index (χ0v) is 14.2. The summed E-state index contributed by atoms with van der Waals surface area (Å²) < 4.78 is 1.68. The Bertz CT molecular complexity index is 972. The number of aromatic nitrogens is 2.